The van der Waals surface area contributed by atoms with Crippen molar-refractivity contribution in [1.82, 2.24) is 4.90 Å². The molecule has 150 valence electrons. The summed E-state index contributed by atoms with van der Waals surface area (Å²) < 4.78 is 44.6. The fourth-order valence-corrected chi connectivity index (χ4v) is 3.39. The number of hydrogen-bond donors (Lipinski definition) is 0. The maximum Gasteiger partial charge on any atom is 0.417 e. The van der Waals surface area contributed by atoms with Crippen LogP contribution in [0.1, 0.15) is 38.3 Å². The van der Waals surface area contributed by atoms with E-state index in [9.17, 15) is 22.8 Å². The van der Waals surface area contributed by atoms with E-state index in [-0.39, 0.29) is 30.4 Å². The van der Waals surface area contributed by atoms with Crippen LogP contribution in [0.2, 0.25) is 0 Å². The molecule has 6 nitrogen and oxygen atoms in total. The lowest BCUT2D eigenvalue weighted by Crippen LogP contribution is -2.45. The standard InChI is InChI=1S/C18H18F3N3O3S/c1-4-27-14(25)7-8-23-16(28)24(15(26)17(23,2)3)12-6-5-11(10-22)13(9-12)18(19,20)21/h5-6,9H,4,7-8H2,1-3H3. The van der Waals surface area contributed by atoms with Gasteiger partial charge in [-0.1, -0.05) is 0 Å². The van der Waals surface area contributed by atoms with Crippen molar-refractivity contribution in [2.24, 2.45) is 0 Å². The number of ether oxygens (including phenoxy) is 1. The molecule has 28 heavy (non-hydrogen) atoms. The average molecular weight is 413 g/mol. The Labute approximate surface area is 165 Å². The smallest absolute Gasteiger partial charge is 0.417 e. The predicted molar refractivity (Wildman–Crippen MR) is 98.3 cm³/mol. The van der Waals surface area contributed by atoms with Crippen molar-refractivity contribution in [2.75, 3.05) is 18.1 Å². The number of halogens is 3. The summed E-state index contributed by atoms with van der Waals surface area (Å²) in [5, 5.41) is 8.91. The number of alkyl halides is 3. The van der Waals surface area contributed by atoms with E-state index in [1.54, 1.807) is 20.8 Å². The molecule has 0 bridgehead atoms. The number of esters is 1. The van der Waals surface area contributed by atoms with Crippen molar-refractivity contribution in [3.05, 3.63) is 29.3 Å². The molecular weight excluding hydrogens is 395 g/mol. The van der Waals surface area contributed by atoms with Crippen molar-refractivity contribution in [2.45, 2.75) is 38.9 Å². The number of rotatable bonds is 5. The number of benzene rings is 1. The van der Waals surface area contributed by atoms with Gasteiger partial charge in [-0.2, -0.15) is 18.4 Å². The van der Waals surface area contributed by atoms with Crippen molar-refractivity contribution in [1.29, 1.82) is 5.26 Å². The molecule has 1 heterocycles. The lowest BCUT2D eigenvalue weighted by atomic mass is 10.0. The molecule has 1 aliphatic rings. The highest BCUT2D eigenvalue weighted by Crippen LogP contribution is 2.37. The van der Waals surface area contributed by atoms with Crippen LogP contribution in [-0.2, 0) is 20.5 Å². The van der Waals surface area contributed by atoms with E-state index in [1.165, 1.54) is 17.0 Å². The van der Waals surface area contributed by atoms with Crippen molar-refractivity contribution >= 4 is 34.9 Å². The maximum atomic E-state index is 13.3. The van der Waals surface area contributed by atoms with Crippen LogP contribution in [0, 0.1) is 11.3 Å². The van der Waals surface area contributed by atoms with Gasteiger partial charge in [0.2, 0.25) is 0 Å². The van der Waals surface area contributed by atoms with Crippen LogP contribution in [0.3, 0.4) is 0 Å². The summed E-state index contributed by atoms with van der Waals surface area (Å²) in [6.07, 6.45) is -4.79. The minimum atomic E-state index is -4.76. The fourth-order valence-electron chi connectivity index (χ4n) is 2.88. The Hall–Kier alpha value is -2.67. The Morgan fingerprint density at radius 2 is 2.00 bits per heavy atom. The molecular formula is C18H18F3N3O3S. The van der Waals surface area contributed by atoms with Crippen LogP contribution in [0.4, 0.5) is 18.9 Å². The summed E-state index contributed by atoms with van der Waals surface area (Å²) in [5.41, 5.74) is -2.94. The Kier molecular flexibility index (Phi) is 5.99. The summed E-state index contributed by atoms with van der Waals surface area (Å²) in [4.78, 5) is 27.0. The van der Waals surface area contributed by atoms with Crippen LogP contribution in [0.25, 0.3) is 0 Å². The van der Waals surface area contributed by atoms with Gasteiger partial charge in [0.05, 0.1) is 35.9 Å². The number of hydrogen-bond acceptors (Lipinski definition) is 5. The third kappa shape index (κ3) is 3.94. The van der Waals surface area contributed by atoms with E-state index in [0.29, 0.717) is 0 Å². The monoisotopic (exact) mass is 413 g/mol. The first-order chi connectivity index (χ1) is 12.9. The van der Waals surface area contributed by atoms with Gasteiger partial charge in [0.15, 0.2) is 5.11 Å². The zero-order valence-corrected chi connectivity index (χ0v) is 16.3. The first kappa shape index (κ1) is 21.6. The first-order valence-electron chi connectivity index (χ1n) is 8.38. The molecule has 0 N–H and O–H groups in total. The molecule has 0 aromatic heterocycles. The molecule has 1 amide bonds. The molecule has 0 radical (unpaired) electrons. The van der Waals surface area contributed by atoms with Crippen molar-refractivity contribution < 1.29 is 27.5 Å². The molecule has 0 aliphatic carbocycles. The SMILES string of the molecule is CCOC(=O)CCN1C(=S)N(c2ccc(C#N)c(C(F)(F)F)c2)C(=O)C1(C)C. The Morgan fingerprint density at radius 1 is 1.36 bits per heavy atom. The van der Waals surface area contributed by atoms with Crippen LogP contribution in [0.5, 0.6) is 0 Å². The van der Waals surface area contributed by atoms with Gasteiger partial charge < -0.3 is 9.64 Å². The quantitative estimate of drug-likeness (QED) is 0.545. The van der Waals surface area contributed by atoms with Gasteiger partial charge >= 0.3 is 12.1 Å². The van der Waals surface area contributed by atoms with Crippen LogP contribution >= 0.6 is 12.2 Å². The minimum Gasteiger partial charge on any atom is -0.466 e. The fraction of sp³-hybridized carbons (Fsp3) is 0.444. The van der Waals surface area contributed by atoms with E-state index >= 15 is 0 Å². The van der Waals surface area contributed by atoms with Gasteiger partial charge in [-0.15, -0.1) is 0 Å². The summed E-state index contributed by atoms with van der Waals surface area (Å²) in [5.74, 6) is -0.996. The highest BCUT2D eigenvalue weighted by Gasteiger charge is 2.49. The van der Waals surface area contributed by atoms with Gasteiger partial charge in [0, 0.05) is 6.54 Å². The van der Waals surface area contributed by atoms with Gasteiger partial charge in [-0.3, -0.25) is 14.5 Å². The number of amides is 1. The second-order valence-electron chi connectivity index (χ2n) is 6.53. The molecule has 1 aromatic rings. The first-order valence-corrected chi connectivity index (χ1v) is 8.79. The summed E-state index contributed by atoms with van der Waals surface area (Å²) in [7, 11) is 0. The lowest BCUT2D eigenvalue weighted by Gasteiger charge is -2.29. The topological polar surface area (TPSA) is 73.6 Å². The molecule has 2 rings (SSSR count). The molecule has 10 heteroatoms. The Balaban J connectivity index is 2.39. The van der Waals surface area contributed by atoms with Gasteiger partial charge in [-0.05, 0) is 51.2 Å². The highest BCUT2D eigenvalue weighted by molar-refractivity contribution is 7.80. The molecule has 0 saturated carbocycles. The third-order valence-corrected chi connectivity index (χ3v) is 4.76. The molecule has 0 spiro atoms. The number of nitriles is 1. The van der Waals surface area contributed by atoms with Gasteiger partial charge in [-0.25, -0.2) is 0 Å². The van der Waals surface area contributed by atoms with Gasteiger partial charge in [0.1, 0.15) is 5.54 Å². The largest absolute Gasteiger partial charge is 0.466 e. The van der Waals surface area contributed by atoms with E-state index in [1.807, 2.05) is 0 Å². The Morgan fingerprint density at radius 3 is 2.54 bits per heavy atom. The molecule has 0 unspecified atom stereocenters. The second-order valence-corrected chi connectivity index (χ2v) is 6.89. The highest BCUT2D eigenvalue weighted by atomic mass is 32.1. The molecule has 0 atom stereocenters. The number of carbonyl (C=O) groups is 2. The van der Waals surface area contributed by atoms with E-state index in [2.05, 4.69) is 0 Å². The summed E-state index contributed by atoms with van der Waals surface area (Å²) in [6.45, 7) is 5.09. The predicted octanol–water partition coefficient (Wildman–Crippen LogP) is 3.24. The van der Waals surface area contributed by atoms with E-state index < -0.39 is 34.7 Å². The van der Waals surface area contributed by atoms with Crippen LogP contribution < -0.4 is 4.90 Å². The van der Waals surface area contributed by atoms with Crippen molar-refractivity contribution in [3.8, 4) is 6.07 Å². The van der Waals surface area contributed by atoms with Crippen molar-refractivity contribution in [3.63, 3.8) is 0 Å². The van der Waals surface area contributed by atoms with E-state index in [0.717, 1.165) is 17.0 Å². The number of nitrogens with zero attached hydrogens (tertiary/aromatic N) is 3. The lowest BCUT2D eigenvalue weighted by molar-refractivity contribution is -0.143. The number of anilines is 1. The zero-order chi connectivity index (χ0) is 21.3. The molecule has 1 saturated heterocycles. The number of carbonyl (C=O) groups excluding carboxylic acids is 2. The van der Waals surface area contributed by atoms with Crippen LogP contribution in [-0.4, -0.2) is 40.6 Å². The zero-order valence-electron chi connectivity index (χ0n) is 15.5. The molecule has 1 aromatic carbocycles. The van der Waals surface area contributed by atoms with E-state index in [4.69, 9.17) is 22.2 Å². The average Bonchev–Trinajstić information content (AvgIpc) is 2.77. The number of thiocarbonyl (C=S) groups is 1. The third-order valence-electron chi connectivity index (χ3n) is 4.36. The molecule has 1 aliphatic heterocycles. The maximum absolute atomic E-state index is 13.3. The second kappa shape index (κ2) is 7.75. The minimum absolute atomic E-state index is 0.0165. The normalized spacial score (nSPS) is 16.3. The summed E-state index contributed by atoms with van der Waals surface area (Å²) >= 11 is 5.32. The van der Waals surface area contributed by atoms with Crippen LogP contribution in [0.15, 0.2) is 18.2 Å². The Bertz CT molecular complexity index is 862. The molecule has 1 fully saturated rings. The summed E-state index contributed by atoms with van der Waals surface area (Å²) in [6, 6.07) is 4.47. The van der Waals surface area contributed by atoms with Gasteiger partial charge in [0.25, 0.3) is 5.91 Å².